The van der Waals surface area contributed by atoms with Crippen molar-refractivity contribution in [1.29, 1.82) is 0 Å². The minimum Gasteiger partial charge on any atom is -0.341 e. The quantitative estimate of drug-likeness (QED) is 0.640. The van der Waals surface area contributed by atoms with Crippen LogP contribution in [0, 0.1) is 10.8 Å². The van der Waals surface area contributed by atoms with Crippen molar-refractivity contribution in [2.45, 2.75) is 46.0 Å². The summed E-state index contributed by atoms with van der Waals surface area (Å²) in [5.74, 6) is 0.381. The first kappa shape index (κ1) is 21.6. The van der Waals surface area contributed by atoms with Gasteiger partial charge in [-0.15, -0.1) is 0 Å². The zero-order chi connectivity index (χ0) is 21.9. The topological polar surface area (TPSA) is 40.6 Å². The van der Waals surface area contributed by atoms with E-state index in [0.29, 0.717) is 19.3 Å². The normalized spacial score (nSPS) is 18.8. The van der Waals surface area contributed by atoms with Crippen molar-refractivity contribution in [2.75, 3.05) is 26.2 Å². The number of nitrogens with zero attached hydrogens (tertiary/aromatic N) is 2. The number of hydrogen-bond acceptors (Lipinski definition) is 2. The van der Waals surface area contributed by atoms with Gasteiger partial charge in [-0.1, -0.05) is 74.5 Å². The van der Waals surface area contributed by atoms with E-state index in [1.54, 1.807) is 0 Å². The second-order valence-electron chi connectivity index (χ2n) is 10.3. The summed E-state index contributed by atoms with van der Waals surface area (Å²) in [6, 6.07) is 21.0. The molecule has 0 atom stereocenters. The summed E-state index contributed by atoms with van der Waals surface area (Å²) >= 11 is 0. The molecule has 0 radical (unpaired) electrons. The van der Waals surface area contributed by atoms with Gasteiger partial charge in [0.05, 0.1) is 0 Å². The third kappa shape index (κ3) is 5.36. The van der Waals surface area contributed by atoms with Gasteiger partial charge in [-0.2, -0.15) is 0 Å². The molecule has 0 aromatic heterocycles. The smallest absolute Gasteiger partial charge is 0.222 e. The van der Waals surface area contributed by atoms with E-state index in [1.807, 2.05) is 21.9 Å². The predicted octanol–water partition coefficient (Wildman–Crippen LogP) is 4.34. The highest BCUT2D eigenvalue weighted by molar-refractivity contribution is 5.80. The molecule has 4 rings (SSSR count). The Hall–Kier alpha value is -2.62. The summed E-state index contributed by atoms with van der Waals surface area (Å²) in [6.45, 7) is 7.78. The molecule has 4 nitrogen and oxygen atoms in total. The Balaban J connectivity index is 1.13. The number of rotatable bonds is 8. The lowest BCUT2D eigenvalue weighted by Crippen LogP contribution is -2.58. The van der Waals surface area contributed by atoms with Crippen molar-refractivity contribution >= 4 is 11.8 Å². The molecule has 0 saturated carbocycles. The second kappa shape index (κ2) is 8.86. The number of carbonyl (C=O) groups is 2. The average molecular weight is 419 g/mol. The van der Waals surface area contributed by atoms with E-state index in [-0.39, 0.29) is 22.6 Å². The highest BCUT2D eigenvalue weighted by atomic mass is 16.2. The Labute approximate surface area is 186 Å². The van der Waals surface area contributed by atoms with Crippen LogP contribution in [0.5, 0.6) is 0 Å². The summed E-state index contributed by atoms with van der Waals surface area (Å²) in [6.07, 6.45) is 3.61. The molecule has 2 saturated heterocycles. The Morgan fingerprint density at radius 1 is 0.677 bits per heavy atom. The molecule has 31 heavy (non-hydrogen) atoms. The Bertz CT molecular complexity index is 822. The zero-order valence-corrected chi connectivity index (χ0v) is 18.8. The van der Waals surface area contributed by atoms with Gasteiger partial charge in [0.2, 0.25) is 11.8 Å². The van der Waals surface area contributed by atoms with Crippen LogP contribution in [-0.2, 0) is 22.4 Å². The maximum absolute atomic E-state index is 12.5. The Morgan fingerprint density at radius 3 is 1.39 bits per heavy atom. The van der Waals surface area contributed by atoms with Crippen LogP contribution in [0.3, 0.4) is 0 Å². The van der Waals surface area contributed by atoms with Crippen molar-refractivity contribution in [2.24, 2.45) is 10.8 Å². The minimum atomic E-state index is 0.174. The van der Waals surface area contributed by atoms with Crippen LogP contribution in [0.15, 0.2) is 60.7 Å². The van der Waals surface area contributed by atoms with Gasteiger partial charge in [-0.3, -0.25) is 9.59 Å². The van der Waals surface area contributed by atoms with E-state index in [2.05, 4.69) is 62.4 Å². The van der Waals surface area contributed by atoms with Crippen LogP contribution in [0.25, 0.3) is 0 Å². The fraction of sp³-hybridized carbons (Fsp3) is 0.481. The molecule has 2 aliphatic rings. The first-order valence-electron chi connectivity index (χ1n) is 11.5. The standard InChI is InChI=1S/C27H34N2O2/c1-26(16-22-10-5-3-6-11-22)18-28(19-26)24(30)14-9-15-25(31)29-20-27(2,21-29)17-23-12-7-4-8-13-23/h3-8,10-13H,9,14-21H2,1-2H3. The minimum absolute atomic E-state index is 0.174. The first-order valence-corrected chi connectivity index (χ1v) is 11.5. The van der Waals surface area contributed by atoms with Crippen molar-refractivity contribution in [3.63, 3.8) is 0 Å². The summed E-state index contributed by atoms with van der Waals surface area (Å²) in [5, 5.41) is 0. The summed E-state index contributed by atoms with van der Waals surface area (Å²) < 4.78 is 0. The number of amides is 2. The highest BCUT2D eigenvalue weighted by Crippen LogP contribution is 2.35. The molecule has 164 valence electrons. The summed E-state index contributed by atoms with van der Waals surface area (Å²) in [5.41, 5.74) is 3.01. The van der Waals surface area contributed by atoms with Gasteiger partial charge in [-0.05, 0) is 30.4 Å². The highest BCUT2D eigenvalue weighted by Gasteiger charge is 2.42. The third-order valence-corrected chi connectivity index (χ3v) is 6.72. The van der Waals surface area contributed by atoms with Gasteiger partial charge < -0.3 is 9.80 Å². The largest absolute Gasteiger partial charge is 0.341 e. The summed E-state index contributed by atoms with van der Waals surface area (Å²) in [7, 11) is 0. The van der Waals surface area contributed by atoms with E-state index in [4.69, 9.17) is 0 Å². The lowest BCUT2D eigenvalue weighted by Gasteiger charge is -2.49. The SMILES string of the molecule is CC1(Cc2ccccc2)CN(C(=O)CCCC(=O)N2CC(C)(Cc3ccccc3)C2)C1. The molecule has 0 bridgehead atoms. The number of benzene rings is 2. The summed E-state index contributed by atoms with van der Waals surface area (Å²) in [4.78, 5) is 28.9. The number of hydrogen-bond donors (Lipinski definition) is 0. The zero-order valence-electron chi connectivity index (χ0n) is 18.8. The number of likely N-dealkylation sites (tertiary alicyclic amines) is 2. The van der Waals surface area contributed by atoms with Crippen LogP contribution in [0.2, 0.25) is 0 Å². The van der Waals surface area contributed by atoms with E-state index < -0.39 is 0 Å². The van der Waals surface area contributed by atoms with Gasteiger partial charge in [0, 0.05) is 49.9 Å². The van der Waals surface area contributed by atoms with E-state index >= 15 is 0 Å². The molecule has 0 unspecified atom stereocenters. The molecule has 2 amide bonds. The molecule has 2 aromatic carbocycles. The van der Waals surface area contributed by atoms with Crippen LogP contribution >= 0.6 is 0 Å². The molecule has 0 N–H and O–H groups in total. The molecule has 2 aliphatic heterocycles. The molecule has 2 aromatic rings. The Kier molecular flexibility index (Phi) is 6.17. The van der Waals surface area contributed by atoms with E-state index in [0.717, 1.165) is 39.0 Å². The van der Waals surface area contributed by atoms with Crippen molar-refractivity contribution in [3.05, 3.63) is 71.8 Å². The molecular weight excluding hydrogens is 384 g/mol. The molecule has 2 fully saturated rings. The Morgan fingerprint density at radius 2 is 1.03 bits per heavy atom. The van der Waals surface area contributed by atoms with Crippen LogP contribution in [-0.4, -0.2) is 47.8 Å². The third-order valence-electron chi connectivity index (χ3n) is 6.72. The molecule has 2 heterocycles. The fourth-order valence-corrected chi connectivity index (χ4v) is 5.21. The van der Waals surface area contributed by atoms with Crippen LogP contribution in [0.4, 0.5) is 0 Å². The van der Waals surface area contributed by atoms with Gasteiger partial charge >= 0.3 is 0 Å². The maximum atomic E-state index is 12.5. The van der Waals surface area contributed by atoms with E-state index in [1.165, 1.54) is 11.1 Å². The maximum Gasteiger partial charge on any atom is 0.222 e. The molecular formula is C27H34N2O2. The molecule has 0 aliphatic carbocycles. The average Bonchev–Trinajstić information content (AvgIpc) is 2.71. The number of carbonyl (C=O) groups excluding carboxylic acids is 2. The van der Waals surface area contributed by atoms with Crippen LogP contribution in [0.1, 0.15) is 44.2 Å². The van der Waals surface area contributed by atoms with Crippen LogP contribution < -0.4 is 0 Å². The first-order chi connectivity index (χ1) is 14.8. The second-order valence-corrected chi connectivity index (χ2v) is 10.3. The van der Waals surface area contributed by atoms with Crippen molar-refractivity contribution in [3.8, 4) is 0 Å². The van der Waals surface area contributed by atoms with E-state index in [9.17, 15) is 9.59 Å². The molecule has 4 heteroatoms. The molecule has 0 spiro atoms. The predicted molar refractivity (Wildman–Crippen MR) is 124 cm³/mol. The lowest BCUT2D eigenvalue weighted by atomic mass is 9.76. The van der Waals surface area contributed by atoms with Crippen molar-refractivity contribution < 1.29 is 9.59 Å². The lowest BCUT2D eigenvalue weighted by molar-refractivity contribution is -0.144. The van der Waals surface area contributed by atoms with Gasteiger partial charge in [0.25, 0.3) is 0 Å². The monoisotopic (exact) mass is 418 g/mol. The van der Waals surface area contributed by atoms with Crippen molar-refractivity contribution in [1.82, 2.24) is 9.80 Å². The fourth-order valence-electron chi connectivity index (χ4n) is 5.21. The van der Waals surface area contributed by atoms with Gasteiger partial charge in [0.1, 0.15) is 0 Å². The van der Waals surface area contributed by atoms with Gasteiger partial charge in [0.15, 0.2) is 0 Å². The van der Waals surface area contributed by atoms with Gasteiger partial charge in [-0.25, -0.2) is 0 Å².